The molecule has 0 aliphatic rings. The normalized spacial score (nSPS) is 10.7. The molecular formula is C16H18F2N2. The molecule has 0 aromatic heterocycles. The van der Waals surface area contributed by atoms with Crippen molar-refractivity contribution in [2.75, 3.05) is 18.5 Å². The van der Waals surface area contributed by atoms with Gasteiger partial charge in [0.25, 0.3) is 0 Å². The maximum absolute atomic E-state index is 14.2. The van der Waals surface area contributed by atoms with Crippen molar-refractivity contribution in [1.82, 2.24) is 0 Å². The van der Waals surface area contributed by atoms with Gasteiger partial charge in [-0.1, -0.05) is 18.2 Å². The Kier molecular flexibility index (Phi) is 4.35. The number of rotatable bonds is 4. The lowest BCUT2D eigenvalue weighted by Gasteiger charge is -2.23. The molecule has 0 atom stereocenters. The number of halogens is 2. The predicted octanol–water partition coefficient (Wildman–Crippen LogP) is 3.54. The standard InChI is InChI=1S/C16H18F2N2/c1-11-5-3-4-6-15(11)20(2)16-13(17)9-12(7-8-19)10-14(16)18/h3-6,9-10H,7-8,19H2,1-2H3. The summed E-state index contributed by atoms with van der Waals surface area (Å²) in [7, 11) is 1.66. The Bertz CT molecular complexity index is 588. The fraction of sp³-hybridized carbons (Fsp3) is 0.250. The second kappa shape index (κ2) is 6.01. The van der Waals surface area contributed by atoms with Crippen molar-refractivity contribution in [3.63, 3.8) is 0 Å². The number of para-hydroxylation sites is 1. The molecule has 0 saturated carbocycles. The van der Waals surface area contributed by atoms with E-state index < -0.39 is 11.6 Å². The molecule has 0 amide bonds. The summed E-state index contributed by atoms with van der Waals surface area (Å²) in [6.45, 7) is 2.27. The van der Waals surface area contributed by atoms with Gasteiger partial charge in [0.1, 0.15) is 17.3 Å². The van der Waals surface area contributed by atoms with Crippen LogP contribution in [0.15, 0.2) is 36.4 Å². The highest BCUT2D eigenvalue weighted by atomic mass is 19.1. The summed E-state index contributed by atoms with van der Waals surface area (Å²) in [6, 6.07) is 10.2. The van der Waals surface area contributed by atoms with Crippen LogP contribution < -0.4 is 10.6 Å². The van der Waals surface area contributed by atoms with Gasteiger partial charge in [-0.15, -0.1) is 0 Å². The topological polar surface area (TPSA) is 29.3 Å². The van der Waals surface area contributed by atoms with Crippen molar-refractivity contribution in [3.05, 3.63) is 59.2 Å². The zero-order valence-electron chi connectivity index (χ0n) is 11.7. The van der Waals surface area contributed by atoms with Crippen LogP contribution in [-0.4, -0.2) is 13.6 Å². The summed E-state index contributed by atoms with van der Waals surface area (Å²) in [5.41, 5.74) is 7.68. The van der Waals surface area contributed by atoms with Crippen LogP contribution in [0.3, 0.4) is 0 Å². The molecule has 0 spiro atoms. The van der Waals surface area contributed by atoms with E-state index in [4.69, 9.17) is 5.73 Å². The predicted molar refractivity (Wildman–Crippen MR) is 78.4 cm³/mol. The van der Waals surface area contributed by atoms with Crippen molar-refractivity contribution in [2.45, 2.75) is 13.3 Å². The molecule has 0 unspecified atom stereocenters. The van der Waals surface area contributed by atoms with Gasteiger partial charge in [-0.25, -0.2) is 8.78 Å². The largest absolute Gasteiger partial charge is 0.340 e. The number of hydrogen-bond acceptors (Lipinski definition) is 2. The number of benzene rings is 2. The highest BCUT2D eigenvalue weighted by Gasteiger charge is 2.17. The Morgan fingerprint density at radius 2 is 1.70 bits per heavy atom. The van der Waals surface area contributed by atoms with E-state index in [1.54, 1.807) is 7.05 Å². The molecule has 106 valence electrons. The van der Waals surface area contributed by atoms with Gasteiger partial charge in [-0.3, -0.25) is 0 Å². The highest BCUT2D eigenvalue weighted by Crippen LogP contribution is 2.31. The molecule has 2 rings (SSSR count). The molecule has 2 N–H and O–H groups in total. The Morgan fingerprint density at radius 3 is 2.25 bits per heavy atom. The molecule has 0 heterocycles. The Labute approximate surface area is 117 Å². The molecule has 2 nitrogen and oxygen atoms in total. The van der Waals surface area contributed by atoms with Crippen LogP contribution in [0.5, 0.6) is 0 Å². The van der Waals surface area contributed by atoms with E-state index in [0.717, 1.165) is 11.3 Å². The minimum Gasteiger partial charge on any atom is -0.340 e. The first-order chi connectivity index (χ1) is 9.54. The summed E-state index contributed by atoms with van der Waals surface area (Å²) in [5, 5.41) is 0. The molecule has 2 aromatic carbocycles. The minimum atomic E-state index is -0.570. The maximum atomic E-state index is 14.2. The third-order valence-corrected chi connectivity index (χ3v) is 3.32. The van der Waals surface area contributed by atoms with Crippen LogP contribution in [0.1, 0.15) is 11.1 Å². The SMILES string of the molecule is Cc1ccccc1N(C)c1c(F)cc(CCN)cc1F. The summed E-state index contributed by atoms with van der Waals surface area (Å²) in [5.74, 6) is -1.14. The number of nitrogens with zero attached hydrogens (tertiary/aromatic N) is 1. The van der Waals surface area contributed by atoms with Gasteiger partial charge in [-0.2, -0.15) is 0 Å². The maximum Gasteiger partial charge on any atom is 0.150 e. The third kappa shape index (κ3) is 2.80. The van der Waals surface area contributed by atoms with Crippen LogP contribution in [0.4, 0.5) is 20.2 Å². The van der Waals surface area contributed by atoms with Crippen molar-refractivity contribution in [2.24, 2.45) is 5.73 Å². The molecule has 4 heteroatoms. The molecule has 0 fully saturated rings. The lowest BCUT2D eigenvalue weighted by Crippen LogP contribution is -2.15. The zero-order valence-corrected chi connectivity index (χ0v) is 11.7. The molecule has 20 heavy (non-hydrogen) atoms. The fourth-order valence-electron chi connectivity index (χ4n) is 2.31. The van der Waals surface area contributed by atoms with E-state index in [2.05, 4.69) is 0 Å². The van der Waals surface area contributed by atoms with Crippen molar-refractivity contribution in [3.8, 4) is 0 Å². The number of nitrogens with two attached hydrogens (primary N) is 1. The lowest BCUT2D eigenvalue weighted by molar-refractivity contribution is 0.580. The van der Waals surface area contributed by atoms with E-state index in [0.29, 0.717) is 18.5 Å². The lowest BCUT2D eigenvalue weighted by atomic mass is 10.1. The molecule has 0 saturated heterocycles. The summed E-state index contributed by atoms with van der Waals surface area (Å²) in [6.07, 6.45) is 0.461. The van der Waals surface area contributed by atoms with Gasteiger partial charge in [0, 0.05) is 12.7 Å². The van der Waals surface area contributed by atoms with Gasteiger partial charge in [0.15, 0.2) is 0 Å². The van der Waals surface area contributed by atoms with Crippen molar-refractivity contribution in [1.29, 1.82) is 0 Å². The summed E-state index contributed by atoms with van der Waals surface area (Å²) < 4.78 is 28.4. The number of hydrogen-bond donors (Lipinski definition) is 1. The van der Waals surface area contributed by atoms with Gasteiger partial charge >= 0.3 is 0 Å². The van der Waals surface area contributed by atoms with Crippen LogP contribution in [-0.2, 0) is 6.42 Å². The van der Waals surface area contributed by atoms with Gasteiger partial charge in [0.2, 0.25) is 0 Å². The van der Waals surface area contributed by atoms with Crippen molar-refractivity contribution >= 4 is 11.4 Å². The van der Waals surface area contributed by atoms with Crippen LogP contribution in [0.2, 0.25) is 0 Å². The van der Waals surface area contributed by atoms with E-state index in [1.807, 2.05) is 31.2 Å². The molecule has 0 bridgehead atoms. The van der Waals surface area contributed by atoms with E-state index in [-0.39, 0.29) is 5.69 Å². The van der Waals surface area contributed by atoms with Crippen LogP contribution >= 0.6 is 0 Å². The van der Waals surface area contributed by atoms with Gasteiger partial charge in [0.05, 0.1) is 0 Å². The van der Waals surface area contributed by atoms with E-state index in [1.165, 1.54) is 17.0 Å². The first-order valence-electron chi connectivity index (χ1n) is 6.52. The van der Waals surface area contributed by atoms with E-state index in [9.17, 15) is 8.78 Å². The first kappa shape index (κ1) is 14.5. The van der Waals surface area contributed by atoms with E-state index >= 15 is 0 Å². The molecule has 2 aromatic rings. The Morgan fingerprint density at radius 1 is 1.10 bits per heavy atom. The summed E-state index contributed by atoms with van der Waals surface area (Å²) in [4.78, 5) is 1.53. The monoisotopic (exact) mass is 276 g/mol. The van der Waals surface area contributed by atoms with Crippen LogP contribution in [0.25, 0.3) is 0 Å². The molecule has 0 aliphatic carbocycles. The average Bonchev–Trinajstić information content (AvgIpc) is 2.38. The Hall–Kier alpha value is -1.94. The molecule has 0 radical (unpaired) electrons. The molecule has 0 aliphatic heterocycles. The highest BCUT2D eigenvalue weighted by molar-refractivity contribution is 5.66. The average molecular weight is 276 g/mol. The van der Waals surface area contributed by atoms with Gasteiger partial charge in [-0.05, 0) is 49.2 Å². The number of aryl methyl sites for hydroxylation is 1. The second-order valence-electron chi connectivity index (χ2n) is 4.79. The zero-order chi connectivity index (χ0) is 14.7. The summed E-state index contributed by atoms with van der Waals surface area (Å²) >= 11 is 0. The van der Waals surface area contributed by atoms with Gasteiger partial charge < -0.3 is 10.6 Å². The Balaban J connectivity index is 2.45. The quantitative estimate of drug-likeness (QED) is 0.925. The van der Waals surface area contributed by atoms with Crippen LogP contribution in [0, 0.1) is 18.6 Å². The second-order valence-corrected chi connectivity index (χ2v) is 4.79. The molecular weight excluding hydrogens is 258 g/mol. The first-order valence-corrected chi connectivity index (χ1v) is 6.52. The minimum absolute atomic E-state index is 0.0416. The van der Waals surface area contributed by atoms with Crippen molar-refractivity contribution < 1.29 is 8.78 Å². The fourth-order valence-corrected chi connectivity index (χ4v) is 2.31. The smallest absolute Gasteiger partial charge is 0.150 e. The number of anilines is 2. The third-order valence-electron chi connectivity index (χ3n) is 3.32.